The molecule has 145 heavy (non-hydrogen) atoms. The van der Waals surface area contributed by atoms with Crippen LogP contribution < -0.4 is 0 Å². The van der Waals surface area contributed by atoms with Crippen molar-refractivity contribution in [3.63, 3.8) is 0 Å². The third kappa shape index (κ3) is 50.6. The number of carbonyl (C=O) groups excluding carboxylic acids is 13. The summed E-state index contributed by atoms with van der Waals surface area (Å²) in [7, 11) is 0. The van der Waals surface area contributed by atoms with Gasteiger partial charge in [0.25, 0.3) is 0 Å². The van der Waals surface area contributed by atoms with E-state index in [1.54, 1.807) is 55.4 Å². The molecule has 1 aromatic carbocycles. The molecule has 32 heteroatoms. The molecular formula is C113H184O32. The molecule has 0 spiro atoms. The molecule has 0 radical (unpaired) electrons. The summed E-state index contributed by atoms with van der Waals surface area (Å²) in [4.78, 5) is 171. The minimum absolute atomic E-state index is 0.0251. The lowest BCUT2D eigenvalue weighted by Gasteiger charge is -2.33. The Balaban J connectivity index is 0.00000165. The molecule has 15 unspecified atom stereocenters. The fourth-order valence-electron chi connectivity index (χ4n) is 15.9. The van der Waals surface area contributed by atoms with Crippen LogP contribution >= 0.6 is 0 Å². The summed E-state index contributed by atoms with van der Waals surface area (Å²) in [5.74, 6) is -0.894. The topological polar surface area (TPSA) is 457 Å². The van der Waals surface area contributed by atoms with E-state index in [1.807, 2.05) is 76.2 Å². The van der Waals surface area contributed by atoms with Gasteiger partial charge in [-0.05, 0) is 270 Å². The van der Waals surface area contributed by atoms with Gasteiger partial charge in [-0.25, -0.2) is 19.2 Å². The fraction of sp³-hybridized carbons (Fsp3) is 0.743. The van der Waals surface area contributed by atoms with Crippen LogP contribution in [0.3, 0.4) is 0 Å². The van der Waals surface area contributed by atoms with Crippen molar-refractivity contribution in [2.45, 2.75) is 389 Å². The Morgan fingerprint density at radius 2 is 0.607 bits per heavy atom. The van der Waals surface area contributed by atoms with Gasteiger partial charge in [0.1, 0.15) is 77.3 Å². The molecule has 6 aliphatic carbocycles. The van der Waals surface area contributed by atoms with E-state index in [1.165, 1.54) is 82.6 Å². The summed E-state index contributed by atoms with van der Waals surface area (Å²) in [6, 6.07) is 10.7. The van der Waals surface area contributed by atoms with E-state index in [9.17, 15) is 82.1 Å². The largest absolute Gasteiger partial charge is 0.481 e. The van der Waals surface area contributed by atoms with Crippen LogP contribution in [0.15, 0.2) is 81.0 Å². The lowest BCUT2D eigenvalue weighted by molar-refractivity contribution is -0.170. The average molecular weight is 2050 g/mol. The van der Waals surface area contributed by atoms with Gasteiger partial charge in [0.05, 0.1) is 70.2 Å². The monoisotopic (exact) mass is 2050 g/mol. The number of unbranched alkanes of at least 4 members (excludes halogenated alkanes) is 1. The molecule has 4 N–H and O–H groups in total. The van der Waals surface area contributed by atoms with Crippen LogP contribution in [0.2, 0.25) is 0 Å². The number of aliphatic carboxylic acids is 2. The minimum atomic E-state index is -1.14. The van der Waals surface area contributed by atoms with Crippen LogP contribution in [0, 0.1) is 91.2 Å². The Hall–Kier alpha value is -9.85. The van der Waals surface area contributed by atoms with Crippen LogP contribution in [0.1, 0.15) is 353 Å². The number of hydrogen-bond donors (Lipinski definition) is 4. The Morgan fingerprint density at radius 3 is 0.883 bits per heavy atom. The molecule has 15 atom stereocenters. The maximum atomic E-state index is 12.2. The molecule has 4 bridgehead atoms. The van der Waals surface area contributed by atoms with E-state index in [-0.39, 0.29) is 137 Å². The number of esters is 13. The number of benzene rings is 1. The number of carboxylic acids is 2. The molecule has 0 saturated heterocycles. The number of rotatable bonds is 52. The lowest BCUT2D eigenvalue weighted by Crippen LogP contribution is -2.36. The summed E-state index contributed by atoms with van der Waals surface area (Å²) in [6.07, 6.45) is 23.1. The molecule has 32 nitrogen and oxygen atoms in total. The smallest absolute Gasteiger partial charge is 0.330 e. The Kier molecular flexibility index (Phi) is 62.6. The van der Waals surface area contributed by atoms with E-state index in [0.717, 1.165) is 98.3 Å². The van der Waals surface area contributed by atoms with Crippen molar-refractivity contribution in [1.82, 2.24) is 0 Å². The zero-order chi connectivity index (χ0) is 111. The third-order valence-corrected chi connectivity index (χ3v) is 29.4. The molecule has 828 valence electrons. The Morgan fingerprint density at radius 1 is 0.338 bits per heavy atom. The van der Waals surface area contributed by atoms with Crippen molar-refractivity contribution in [1.29, 1.82) is 0 Å². The van der Waals surface area contributed by atoms with Crippen molar-refractivity contribution in [3.05, 3.63) is 86.5 Å². The fourth-order valence-corrected chi connectivity index (χ4v) is 15.9. The molecule has 6 aliphatic rings. The Bertz CT molecular complexity index is 3970. The van der Waals surface area contributed by atoms with E-state index in [0.29, 0.717) is 55.5 Å². The zero-order valence-corrected chi connectivity index (χ0v) is 92.7. The summed E-state index contributed by atoms with van der Waals surface area (Å²) < 4.78 is 66.0. The van der Waals surface area contributed by atoms with Crippen LogP contribution in [0.25, 0.3) is 0 Å². The van der Waals surface area contributed by atoms with E-state index < -0.39 is 106 Å². The van der Waals surface area contributed by atoms with E-state index in [2.05, 4.69) is 115 Å². The number of aliphatic hydroxyl groups excluding tert-OH is 2. The number of aliphatic hydroxyl groups is 2. The number of carboxylic acid groups (broad SMARTS) is 2. The van der Waals surface area contributed by atoms with Crippen molar-refractivity contribution in [2.24, 2.45) is 91.2 Å². The maximum absolute atomic E-state index is 12.2. The highest BCUT2D eigenvalue weighted by Crippen LogP contribution is 2.61. The van der Waals surface area contributed by atoms with Crippen molar-refractivity contribution >= 4 is 89.5 Å². The predicted molar refractivity (Wildman–Crippen MR) is 550 cm³/mol. The standard InChI is InChI=1S/2C16H24O8.2C16H26O2.C14H28O2.2C12H20O5.C11H16/c2*1-5-13(19)22-9-11(24-14(20)8-7-12(17)18)10-23-15(21)16(3,4)6-2;2*1-4-16(2,3)15(17)18-14-9-10-8-13(14)12-7-5-6-11(10)12;1-6-9-10-12(7-2)11-16-13(15)14(4,5)8-3;2*1-5-10(14)16-7-9(13)8-17-11(15)12(3,4)6-2;1-4-11(2,3)10-8-6-5-7-9-10/h2*5,11H,1,6-10H2,2-4H3,(H,17,18);2*10-14H,4-9H2,1-3H3;12H,6-11H2,1-5H3;2*5,9,13H,1,6-8H2,2-4H3;5-9H,4H2,1-3H3. The van der Waals surface area contributed by atoms with Gasteiger partial charge in [0, 0.05) is 24.3 Å². The van der Waals surface area contributed by atoms with Gasteiger partial charge in [0.15, 0.2) is 12.2 Å². The first kappa shape index (κ1) is 135. The second-order valence-corrected chi connectivity index (χ2v) is 43.5. The van der Waals surface area contributed by atoms with Crippen LogP contribution in [0.4, 0.5) is 0 Å². The normalized spacial score (nSPS) is 19.8. The average Bonchev–Trinajstić information content (AvgIpc) is 1.60. The molecule has 0 aliphatic heterocycles. The first-order valence-corrected chi connectivity index (χ1v) is 52.3. The Labute approximate surface area is 865 Å². The zero-order valence-electron chi connectivity index (χ0n) is 92.7. The first-order valence-electron chi connectivity index (χ1n) is 52.3. The van der Waals surface area contributed by atoms with Crippen LogP contribution in [0.5, 0.6) is 0 Å². The number of hydrogen-bond acceptors (Lipinski definition) is 30. The maximum Gasteiger partial charge on any atom is 0.330 e. The highest BCUT2D eigenvalue weighted by atomic mass is 16.6. The molecule has 6 saturated carbocycles. The molecule has 7 rings (SSSR count). The molecule has 0 aromatic heterocycles. The second kappa shape index (κ2) is 67.2. The molecule has 6 fully saturated rings. The highest BCUT2D eigenvalue weighted by Gasteiger charge is 2.57. The first-order chi connectivity index (χ1) is 67.6. The number of fused-ring (bicyclic) bond motifs is 10. The van der Waals surface area contributed by atoms with Gasteiger partial charge in [-0.3, -0.25) is 52.7 Å². The third-order valence-electron chi connectivity index (χ3n) is 29.4. The van der Waals surface area contributed by atoms with Gasteiger partial charge in [0.2, 0.25) is 0 Å². The van der Waals surface area contributed by atoms with Gasteiger partial charge in [-0.15, -0.1) is 0 Å². The van der Waals surface area contributed by atoms with Gasteiger partial charge >= 0.3 is 89.5 Å². The summed E-state index contributed by atoms with van der Waals surface area (Å²) >= 11 is 0. The van der Waals surface area contributed by atoms with Gasteiger partial charge in [-0.2, -0.15) is 0 Å². The molecule has 0 heterocycles. The van der Waals surface area contributed by atoms with E-state index >= 15 is 0 Å². The molecular weight excluding hydrogens is 1870 g/mol. The number of carbonyl (C=O) groups is 15. The van der Waals surface area contributed by atoms with Gasteiger partial charge < -0.3 is 82.0 Å². The molecule has 0 amide bonds. The highest BCUT2D eigenvalue weighted by molar-refractivity contribution is 5.84. The van der Waals surface area contributed by atoms with Crippen molar-refractivity contribution < 1.29 is 154 Å². The van der Waals surface area contributed by atoms with Gasteiger partial charge in [-0.1, -0.05) is 172 Å². The SMILES string of the molecule is C=CC(=O)OCC(COC(=O)C(C)(C)CC)OC(=O)CCC(=O)O.C=CC(=O)OCC(COC(=O)C(C)(C)CC)OC(=O)CCC(=O)O.C=CC(=O)OCC(O)COC(=O)C(C)(C)CC.C=CC(=O)OCC(O)COC(=O)C(C)(C)CC.CCC(C)(C)C(=O)OC1CC2CC1C1CCCC21.CCC(C)(C)C(=O)OC1CC2CC1C1CCCC21.CCC(C)(C)c1ccccc1.CCCCC(CC)COC(=O)C(C)(C)CC. The quantitative estimate of drug-likeness (QED) is 0.0267. The summed E-state index contributed by atoms with van der Waals surface area (Å²) in [5.41, 5.74) is -1.72. The van der Waals surface area contributed by atoms with E-state index in [4.69, 9.17) is 62.3 Å². The lowest BCUT2D eigenvalue weighted by atomic mass is 9.80. The van der Waals surface area contributed by atoms with Crippen LogP contribution in [-0.2, 0) is 139 Å². The number of ether oxygens (including phenoxy) is 13. The van der Waals surface area contributed by atoms with Crippen LogP contribution in [-0.4, -0.2) is 206 Å². The minimum Gasteiger partial charge on any atom is -0.481 e. The second-order valence-electron chi connectivity index (χ2n) is 43.5. The van der Waals surface area contributed by atoms with Crippen molar-refractivity contribution in [2.75, 3.05) is 59.5 Å². The summed E-state index contributed by atoms with van der Waals surface area (Å²) in [6.45, 7) is 61.9. The van der Waals surface area contributed by atoms with Crippen molar-refractivity contribution in [3.8, 4) is 0 Å². The summed E-state index contributed by atoms with van der Waals surface area (Å²) in [5, 5.41) is 35.9. The molecule has 1 aromatic rings. The predicted octanol–water partition coefficient (Wildman–Crippen LogP) is 20.2.